The molecule has 1 heterocycles. The van der Waals surface area contributed by atoms with E-state index in [1.807, 2.05) is 13.8 Å². The molecule has 0 aromatic heterocycles. The molecule has 0 bridgehead atoms. The standard InChI is InChI=1S/C16H21BF2O3/c1-6-21-14(20)13-11(18)7-10(8-12(13)19)17-9-15(2,3)16(4,5)22-17/h7-8H,6,9H2,1-5H3. The lowest BCUT2D eigenvalue weighted by atomic mass is 9.54. The molecule has 0 spiro atoms. The number of carbonyl (C=O) groups is 1. The van der Waals surface area contributed by atoms with E-state index in [2.05, 4.69) is 18.6 Å². The van der Waals surface area contributed by atoms with Crippen molar-refractivity contribution in [2.45, 2.75) is 46.5 Å². The maximum absolute atomic E-state index is 14.1. The van der Waals surface area contributed by atoms with Crippen LogP contribution in [0, 0.1) is 17.0 Å². The fourth-order valence-corrected chi connectivity index (χ4v) is 2.63. The van der Waals surface area contributed by atoms with Crippen LogP contribution in [0.3, 0.4) is 0 Å². The minimum absolute atomic E-state index is 0.0631. The number of hydrogen-bond donors (Lipinski definition) is 0. The van der Waals surface area contributed by atoms with Gasteiger partial charge in [-0.3, -0.25) is 0 Å². The molecule has 1 aromatic rings. The fraction of sp³-hybridized carbons (Fsp3) is 0.562. The van der Waals surface area contributed by atoms with Gasteiger partial charge in [-0.15, -0.1) is 0 Å². The first-order chi connectivity index (χ1) is 10.1. The Balaban J connectivity index is 2.34. The van der Waals surface area contributed by atoms with Gasteiger partial charge in [0.2, 0.25) is 0 Å². The first-order valence-electron chi connectivity index (χ1n) is 7.43. The average Bonchev–Trinajstić information content (AvgIpc) is 2.58. The molecule has 0 amide bonds. The summed E-state index contributed by atoms with van der Waals surface area (Å²) in [6, 6.07) is 2.33. The molecule has 3 nitrogen and oxygen atoms in total. The summed E-state index contributed by atoms with van der Waals surface area (Å²) in [6.45, 7) is 9.30. The molecule has 0 unspecified atom stereocenters. The molecule has 1 aliphatic heterocycles. The summed E-state index contributed by atoms with van der Waals surface area (Å²) in [5.74, 6) is -2.82. The van der Waals surface area contributed by atoms with E-state index in [1.54, 1.807) is 6.92 Å². The molecule has 0 atom stereocenters. The van der Waals surface area contributed by atoms with Crippen molar-refractivity contribution in [1.29, 1.82) is 0 Å². The van der Waals surface area contributed by atoms with Gasteiger partial charge in [-0.05, 0) is 50.1 Å². The van der Waals surface area contributed by atoms with Gasteiger partial charge in [-0.2, -0.15) is 0 Å². The number of ether oxygens (including phenoxy) is 1. The Morgan fingerprint density at radius 2 is 1.82 bits per heavy atom. The largest absolute Gasteiger partial charge is 0.462 e. The molecule has 0 saturated carbocycles. The predicted molar refractivity (Wildman–Crippen MR) is 81.5 cm³/mol. The molecule has 2 rings (SSSR count). The van der Waals surface area contributed by atoms with Crippen LogP contribution in [-0.4, -0.2) is 25.1 Å². The van der Waals surface area contributed by atoms with Gasteiger partial charge in [-0.1, -0.05) is 13.8 Å². The van der Waals surface area contributed by atoms with Gasteiger partial charge in [0.25, 0.3) is 0 Å². The topological polar surface area (TPSA) is 35.5 Å². The van der Waals surface area contributed by atoms with E-state index in [4.69, 9.17) is 4.65 Å². The molecule has 22 heavy (non-hydrogen) atoms. The van der Waals surface area contributed by atoms with Gasteiger partial charge >= 0.3 is 12.9 Å². The highest BCUT2D eigenvalue weighted by atomic mass is 19.1. The molecule has 1 aromatic carbocycles. The summed E-state index contributed by atoms with van der Waals surface area (Å²) in [5, 5.41) is 0. The van der Waals surface area contributed by atoms with E-state index in [-0.39, 0.29) is 12.0 Å². The summed E-state index contributed by atoms with van der Waals surface area (Å²) >= 11 is 0. The summed E-state index contributed by atoms with van der Waals surface area (Å²) in [4.78, 5) is 11.6. The number of halogens is 2. The van der Waals surface area contributed by atoms with Crippen molar-refractivity contribution >= 4 is 18.3 Å². The van der Waals surface area contributed by atoms with Gasteiger partial charge in [0.1, 0.15) is 17.2 Å². The van der Waals surface area contributed by atoms with Crippen LogP contribution in [0.25, 0.3) is 0 Å². The van der Waals surface area contributed by atoms with E-state index in [1.165, 1.54) is 0 Å². The third kappa shape index (κ3) is 2.89. The monoisotopic (exact) mass is 310 g/mol. The van der Waals surface area contributed by atoms with Crippen LogP contribution in [0.4, 0.5) is 8.78 Å². The van der Waals surface area contributed by atoms with Crippen molar-refractivity contribution in [1.82, 2.24) is 0 Å². The Morgan fingerprint density at radius 3 is 2.23 bits per heavy atom. The fourth-order valence-electron chi connectivity index (χ4n) is 2.63. The Bertz CT molecular complexity index is 560. The van der Waals surface area contributed by atoms with Crippen molar-refractivity contribution in [3.63, 3.8) is 0 Å². The third-order valence-electron chi connectivity index (χ3n) is 4.68. The number of carbonyl (C=O) groups excluding carboxylic acids is 1. The lowest BCUT2D eigenvalue weighted by Crippen LogP contribution is -2.36. The Hall–Kier alpha value is -1.43. The van der Waals surface area contributed by atoms with E-state index in [0.29, 0.717) is 11.8 Å². The molecule has 1 aliphatic rings. The van der Waals surface area contributed by atoms with Crippen molar-refractivity contribution in [3.05, 3.63) is 29.3 Å². The molecule has 1 fully saturated rings. The number of hydrogen-bond acceptors (Lipinski definition) is 3. The number of esters is 1. The highest BCUT2D eigenvalue weighted by Crippen LogP contribution is 2.45. The number of benzene rings is 1. The van der Waals surface area contributed by atoms with Crippen LogP contribution in [0.15, 0.2) is 12.1 Å². The molecule has 120 valence electrons. The second-order valence-electron chi connectivity index (χ2n) is 6.78. The minimum atomic E-state index is -0.989. The van der Waals surface area contributed by atoms with Crippen molar-refractivity contribution in [2.75, 3.05) is 6.61 Å². The van der Waals surface area contributed by atoms with E-state index >= 15 is 0 Å². The van der Waals surface area contributed by atoms with Gasteiger partial charge in [0.15, 0.2) is 0 Å². The van der Waals surface area contributed by atoms with Crippen LogP contribution in [0.2, 0.25) is 6.32 Å². The smallest absolute Gasteiger partial charge is 0.344 e. The summed E-state index contributed by atoms with van der Waals surface area (Å²) in [7, 11) is 0. The van der Waals surface area contributed by atoms with Gasteiger partial charge in [-0.25, -0.2) is 13.6 Å². The molecule has 1 saturated heterocycles. The summed E-state index contributed by atoms with van der Waals surface area (Å²) < 4.78 is 38.9. The Labute approximate surface area is 130 Å². The highest BCUT2D eigenvalue weighted by molar-refractivity contribution is 6.68. The first kappa shape index (κ1) is 16.9. The van der Waals surface area contributed by atoms with E-state index in [9.17, 15) is 13.6 Å². The van der Waals surface area contributed by atoms with Crippen LogP contribution in [-0.2, 0) is 9.39 Å². The van der Waals surface area contributed by atoms with Crippen molar-refractivity contribution < 1.29 is 23.0 Å². The van der Waals surface area contributed by atoms with Crippen LogP contribution >= 0.6 is 0 Å². The molecule has 6 heteroatoms. The second-order valence-corrected chi connectivity index (χ2v) is 6.78. The van der Waals surface area contributed by atoms with Gasteiger partial charge in [0, 0.05) is 0 Å². The highest BCUT2D eigenvalue weighted by Gasteiger charge is 2.50. The van der Waals surface area contributed by atoms with Gasteiger partial charge in [0.05, 0.1) is 12.2 Å². The quantitative estimate of drug-likeness (QED) is 0.635. The van der Waals surface area contributed by atoms with Crippen LogP contribution < -0.4 is 5.46 Å². The van der Waals surface area contributed by atoms with Gasteiger partial charge < -0.3 is 9.39 Å². The predicted octanol–water partition coefficient (Wildman–Crippen LogP) is 3.18. The van der Waals surface area contributed by atoms with Crippen LogP contribution in [0.1, 0.15) is 45.0 Å². The molecular formula is C16H21BF2O3. The zero-order chi connectivity index (χ0) is 16.7. The summed E-state index contributed by atoms with van der Waals surface area (Å²) in [6.07, 6.45) is 0.650. The van der Waals surface area contributed by atoms with E-state index in [0.717, 1.165) is 12.1 Å². The molecule has 0 radical (unpaired) electrons. The number of rotatable bonds is 3. The molecule has 0 aliphatic carbocycles. The maximum atomic E-state index is 14.1. The maximum Gasteiger partial charge on any atom is 0.344 e. The Kier molecular flexibility index (Phi) is 4.35. The average molecular weight is 310 g/mol. The molecule has 0 N–H and O–H groups in total. The zero-order valence-electron chi connectivity index (χ0n) is 13.6. The minimum Gasteiger partial charge on any atom is -0.462 e. The SMILES string of the molecule is CCOC(=O)c1c(F)cc(B2CC(C)(C)C(C)(C)O2)cc1F. The zero-order valence-corrected chi connectivity index (χ0v) is 13.6. The Morgan fingerprint density at radius 1 is 1.27 bits per heavy atom. The van der Waals surface area contributed by atoms with Crippen LogP contribution in [0.5, 0.6) is 0 Å². The van der Waals surface area contributed by atoms with E-state index < -0.39 is 35.7 Å². The first-order valence-corrected chi connectivity index (χ1v) is 7.43. The lowest BCUT2D eigenvalue weighted by Gasteiger charge is -2.34. The molecular weight excluding hydrogens is 289 g/mol. The summed E-state index contributed by atoms with van der Waals surface area (Å²) in [5.41, 5.74) is -0.765. The third-order valence-corrected chi connectivity index (χ3v) is 4.68. The lowest BCUT2D eigenvalue weighted by molar-refractivity contribution is 0.0375. The van der Waals surface area contributed by atoms with Crippen molar-refractivity contribution in [2.24, 2.45) is 5.41 Å². The second kappa shape index (κ2) is 5.65. The normalized spacial score (nSPS) is 19.3. The van der Waals surface area contributed by atoms with Crippen molar-refractivity contribution in [3.8, 4) is 0 Å².